The summed E-state index contributed by atoms with van der Waals surface area (Å²) >= 11 is 1.81. The zero-order chi connectivity index (χ0) is 14.6. The van der Waals surface area contributed by atoms with Crippen LogP contribution in [0.3, 0.4) is 0 Å². The molecule has 1 aliphatic rings. The first-order valence-corrected chi connectivity index (χ1v) is 8.31. The zero-order valence-corrected chi connectivity index (χ0v) is 13.3. The van der Waals surface area contributed by atoms with E-state index in [0.717, 1.165) is 32.1 Å². The van der Waals surface area contributed by atoms with Crippen molar-refractivity contribution in [2.45, 2.75) is 58.4 Å². The summed E-state index contributed by atoms with van der Waals surface area (Å²) in [6.07, 6.45) is 5.55. The first kappa shape index (κ1) is 15.5. The molecule has 2 rings (SSSR count). The zero-order valence-electron chi connectivity index (χ0n) is 12.4. The molecular formula is C16H25NO2S. The predicted molar refractivity (Wildman–Crippen MR) is 83.0 cm³/mol. The molecule has 112 valence electrons. The van der Waals surface area contributed by atoms with E-state index in [1.807, 2.05) is 11.3 Å². The lowest BCUT2D eigenvalue weighted by atomic mass is 9.85. The van der Waals surface area contributed by atoms with Gasteiger partial charge in [-0.15, -0.1) is 11.3 Å². The molecule has 0 radical (unpaired) electrons. The minimum atomic E-state index is -0.124. The largest absolute Gasteiger partial charge is 0.396 e. The van der Waals surface area contributed by atoms with Crippen LogP contribution in [0.15, 0.2) is 12.1 Å². The highest BCUT2D eigenvalue weighted by atomic mass is 32.1. The number of aryl methyl sites for hydroxylation is 2. The van der Waals surface area contributed by atoms with Gasteiger partial charge < -0.3 is 10.4 Å². The number of hydrogen-bond donors (Lipinski definition) is 2. The fourth-order valence-corrected chi connectivity index (χ4v) is 3.91. The Morgan fingerprint density at radius 2 is 2.35 bits per heavy atom. The average molecular weight is 295 g/mol. The number of hydrogen-bond acceptors (Lipinski definition) is 3. The van der Waals surface area contributed by atoms with Gasteiger partial charge in [0.1, 0.15) is 0 Å². The van der Waals surface area contributed by atoms with E-state index in [1.165, 1.54) is 9.75 Å². The number of carbonyl (C=O) groups is 1. The van der Waals surface area contributed by atoms with Crippen LogP contribution in [0, 0.1) is 12.3 Å². The maximum absolute atomic E-state index is 12.0. The van der Waals surface area contributed by atoms with Crippen LogP contribution in [0.25, 0.3) is 0 Å². The molecule has 1 aliphatic carbocycles. The minimum Gasteiger partial charge on any atom is -0.396 e. The van der Waals surface area contributed by atoms with Gasteiger partial charge in [-0.1, -0.05) is 13.3 Å². The Hall–Kier alpha value is -0.870. The maximum Gasteiger partial charge on any atom is 0.220 e. The summed E-state index contributed by atoms with van der Waals surface area (Å²) in [5, 5.41) is 12.6. The topological polar surface area (TPSA) is 49.3 Å². The molecule has 1 saturated carbocycles. The molecule has 3 nitrogen and oxygen atoms in total. The van der Waals surface area contributed by atoms with Crippen LogP contribution in [-0.4, -0.2) is 23.7 Å². The van der Waals surface area contributed by atoms with Crippen LogP contribution in [-0.2, 0) is 11.2 Å². The van der Waals surface area contributed by atoms with Gasteiger partial charge in [0.2, 0.25) is 5.91 Å². The van der Waals surface area contributed by atoms with Crippen molar-refractivity contribution >= 4 is 17.2 Å². The Kier molecular flexibility index (Phi) is 5.22. The smallest absolute Gasteiger partial charge is 0.220 e. The Balaban J connectivity index is 1.73. The first-order valence-electron chi connectivity index (χ1n) is 7.49. The van der Waals surface area contributed by atoms with E-state index in [9.17, 15) is 9.90 Å². The number of aliphatic hydroxyl groups excluding tert-OH is 1. The van der Waals surface area contributed by atoms with E-state index in [4.69, 9.17) is 0 Å². The minimum absolute atomic E-state index is 0.124. The van der Waals surface area contributed by atoms with E-state index in [-0.39, 0.29) is 24.0 Å². The van der Waals surface area contributed by atoms with Crippen LogP contribution < -0.4 is 5.32 Å². The van der Waals surface area contributed by atoms with Gasteiger partial charge in [0.15, 0.2) is 0 Å². The molecule has 0 aromatic carbocycles. The van der Waals surface area contributed by atoms with Crippen LogP contribution in [0.5, 0.6) is 0 Å². The fraction of sp³-hybridized carbons (Fsp3) is 0.688. The molecule has 1 aromatic rings. The van der Waals surface area contributed by atoms with Crippen LogP contribution in [0.4, 0.5) is 0 Å². The summed E-state index contributed by atoms with van der Waals surface area (Å²) in [4.78, 5) is 14.7. The second-order valence-corrected chi connectivity index (χ2v) is 7.56. The molecule has 2 atom stereocenters. The van der Waals surface area contributed by atoms with Gasteiger partial charge in [-0.25, -0.2) is 0 Å². The molecular weight excluding hydrogens is 270 g/mol. The third-order valence-electron chi connectivity index (χ3n) is 4.40. The highest BCUT2D eigenvalue weighted by molar-refractivity contribution is 7.11. The van der Waals surface area contributed by atoms with Gasteiger partial charge in [0, 0.05) is 27.6 Å². The third-order valence-corrected chi connectivity index (χ3v) is 5.46. The molecule has 20 heavy (non-hydrogen) atoms. The number of carbonyl (C=O) groups excluding carboxylic acids is 1. The van der Waals surface area contributed by atoms with Crippen molar-refractivity contribution in [1.82, 2.24) is 5.32 Å². The quantitative estimate of drug-likeness (QED) is 0.847. The Morgan fingerprint density at radius 3 is 3.00 bits per heavy atom. The van der Waals surface area contributed by atoms with E-state index in [0.29, 0.717) is 6.42 Å². The first-order chi connectivity index (χ1) is 9.53. The molecule has 0 saturated heterocycles. The van der Waals surface area contributed by atoms with Crippen molar-refractivity contribution < 1.29 is 9.90 Å². The Bertz CT molecular complexity index is 457. The van der Waals surface area contributed by atoms with Gasteiger partial charge in [0.25, 0.3) is 0 Å². The number of amides is 1. The Labute approximate surface area is 125 Å². The standard InChI is InChI=1S/C16H25NO2S/c1-12-8-9-13(20-12)5-3-7-15(19)17-14-6-4-10-16(14,2)11-18/h8-9,14,18H,3-7,10-11H2,1-2H3,(H,17,19). The molecule has 2 N–H and O–H groups in total. The van der Waals surface area contributed by atoms with Gasteiger partial charge >= 0.3 is 0 Å². The Morgan fingerprint density at radius 1 is 1.55 bits per heavy atom. The normalized spacial score (nSPS) is 25.9. The summed E-state index contributed by atoms with van der Waals surface area (Å²) in [7, 11) is 0. The lowest BCUT2D eigenvalue weighted by Gasteiger charge is -2.30. The monoisotopic (exact) mass is 295 g/mol. The lowest BCUT2D eigenvalue weighted by Crippen LogP contribution is -2.44. The molecule has 0 spiro atoms. The summed E-state index contributed by atoms with van der Waals surface area (Å²) in [6, 6.07) is 4.42. The number of rotatable bonds is 6. The van der Waals surface area contributed by atoms with Crippen LogP contribution in [0.1, 0.15) is 48.8 Å². The van der Waals surface area contributed by atoms with Crippen molar-refractivity contribution in [3.05, 3.63) is 21.9 Å². The van der Waals surface area contributed by atoms with E-state index in [1.54, 1.807) is 0 Å². The molecule has 1 aromatic heterocycles. The molecule has 0 aliphatic heterocycles. The highest BCUT2D eigenvalue weighted by Gasteiger charge is 2.38. The van der Waals surface area contributed by atoms with E-state index in [2.05, 4.69) is 31.3 Å². The van der Waals surface area contributed by atoms with Gasteiger partial charge in [0.05, 0.1) is 6.61 Å². The second kappa shape index (κ2) is 6.72. The summed E-state index contributed by atoms with van der Waals surface area (Å²) in [5.74, 6) is 0.129. The SMILES string of the molecule is Cc1ccc(CCCC(=O)NC2CCCC2(C)CO)s1. The van der Waals surface area contributed by atoms with Crippen LogP contribution >= 0.6 is 11.3 Å². The molecule has 4 heteroatoms. The van der Waals surface area contributed by atoms with E-state index < -0.39 is 0 Å². The van der Waals surface area contributed by atoms with Crippen molar-refractivity contribution in [3.63, 3.8) is 0 Å². The summed E-state index contributed by atoms with van der Waals surface area (Å²) < 4.78 is 0. The third kappa shape index (κ3) is 3.83. The van der Waals surface area contributed by atoms with Gasteiger partial charge in [-0.3, -0.25) is 4.79 Å². The van der Waals surface area contributed by atoms with Crippen LogP contribution in [0.2, 0.25) is 0 Å². The molecule has 0 bridgehead atoms. The second-order valence-electron chi connectivity index (χ2n) is 6.19. The van der Waals surface area contributed by atoms with Crippen molar-refractivity contribution in [1.29, 1.82) is 0 Å². The molecule has 1 heterocycles. The lowest BCUT2D eigenvalue weighted by molar-refractivity contribution is -0.122. The number of thiophene rings is 1. The number of nitrogens with one attached hydrogen (secondary N) is 1. The van der Waals surface area contributed by atoms with Crippen molar-refractivity contribution in [2.24, 2.45) is 5.41 Å². The van der Waals surface area contributed by atoms with Gasteiger partial charge in [-0.05, 0) is 44.7 Å². The summed E-state index contributed by atoms with van der Waals surface area (Å²) in [5.41, 5.74) is -0.124. The highest BCUT2D eigenvalue weighted by Crippen LogP contribution is 2.37. The predicted octanol–water partition coefficient (Wildman–Crippen LogP) is 3.05. The summed E-state index contributed by atoms with van der Waals surface area (Å²) in [6.45, 7) is 4.34. The van der Waals surface area contributed by atoms with Gasteiger partial charge in [-0.2, -0.15) is 0 Å². The number of aliphatic hydroxyl groups is 1. The molecule has 2 unspecified atom stereocenters. The maximum atomic E-state index is 12.0. The van der Waals surface area contributed by atoms with E-state index >= 15 is 0 Å². The molecule has 1 fully saturated rings. The van der Waals surface area contributed by atoms with Crippen molar-refractivity contribution in [3.8, 4) is 0 Å². The fourth-order valence-electron chi connectivity index (χ4n) is 2.98. The average Bonchev–Trinajstić information content (AvgIpc) is 2.98. The van der Waals surface area contributed by atoms with Crippen molar-refractivity contribution in [2.75, 3.05) is 6.61 Å². The molecule has 1 amide bonds.